The van der Waals surface area contributed by atoms with E-state index in [9.17, 15) is 27.2 Å². The molecule has 11 heteroatoms. The summed E-state index contributed by atoms with van der Waals surface area (Å²) >= 11 is 5.41. The minimum atomic E-state index is -4.82. The van der Waals surface area contributed by atoms with Crippen molar-refractivity contribution in [2.45, 2.75) is 32.2 Å². The third-order valence-electron chi connectivity index (χ3n) is 5.11. The molecule has 0 radical (unpaired) electrons. The van der Waals surface area contributed by atoms with Crippen LogP contribution in [-0.4, -0.2) is 22.5 Å². The van der Waals surface area contributed by atoms with E-state index < -0.39 is 41.3 Å². The van der Waals surface area contributed by atoms with Crippen LogP contribution in [0.1, 0.15) is 40.9 Å². The van der Waals surface area contributed by atoms with Gasteiger partial charge < -0.3 is 10.6 Å². The van der Waals surface area contributed by atoms with Crippen LogP contribution in [0.15, 0.2) is 36.4 Å². The molecule has 2 aromatic rings. The second kappa shape index (κ2) is 7.87. The highest BCUT2D eigenvalue weighted by molar-refractivity contribution is 7.81. The van der Waals surface area contributed by atoms with E-state index in [1.807, 2.05) is 0 Å². The van der Waals surface area contributed by atoms with Crippen molar-refractivity contribution in [1.29, 1.82) is 5.26 Å². The van der Waals surface area contributed by atoms with Gasteiger partial charge in [0, 0.05) is 11.3 Å². The molecule has 0 aromatic heterocycles. The molecular formula is C21H16F4N4O2S. The molecule has 0 unspecified atom stereocenters. The second-order valence-corrected chi connectivity index (χ2v) is 7.86. The number of thiocarbonyl (C=S) groups is 1. The van der Waals surface area contributed by atoms with E-state index in [-0.39, 0.29) is 27.6 Å². The predicted octanol–water partition coefficient (Wildman–Crippen LogP) is 4.06. The molecule has 0 bridgehead atoms. The number of carbonyl (C=O) groups is 2. The number of anilines is 2. The van der Waals surface area contributed by atoms with Gasteiger partial charge in [-0.1, -0.05) is 0 Å². The number of primary amides is 1. The van der Waals surface area contributed by atoms with Crippen LogP contribution in [0.3, 0.4) is 0 Å². The van der Waals surface area contributed by atoms with Crippen LogP contribution in [0, 0.1) is 11.3 Å². The zero-order chi connectivity index (χ0) is 24.0. The summed E-state index contributed by atoms with van der Waals surface area (Å²) in [7, 11) is 0. The molecular weight excluding hydrogens is 448 g/mol. The molecule has 2 aromatic carbocycles. The van der Waals surface area contributed by atoms with E-state index in [4.69, 9.17) is 23.2 Å². The maximum absolute atomic E-state index is 13.5. The van der Waals surface area contributed by atoms with Gasteiger partial charge in [0.1, 0.15) is 12.2 Å². The zero-order valence-electron chi connectivity index (χ0n) is 16.8. The average molecular weight is 464 g/mol. The molecule has 0 saturated carbocycles. The van der Waals surface area contributed by atoms with Gasteiger partial charge in [-0.3, -0.25) is 14.5 Å². The molecule has 0 spiro atoms. The molecule has 32 heavy (non-hydrogen) atoms. The smallest absolute Gasteiger partial charge is 0.366 e. The summed E-state index contributed by atoms with van der Waals surface area (Å²) in [4.78, 5) is 27.0. The van der Waals surface area contributed by atoms with Crippen molar-refractivity contribution in [3.8, 4) is 6.07 Å². The molecule has 166 valence electrons. The van der Waals surface area contributed by atoms with Crippen LogP contribution in [0.5, 0.6) is 0 Å². The van der Waals surface area contributed by atoms with Crippen molar-refractivity contribution in [3.63, 3.8) is 0 Å². The van der Waals surface area contributed by atoms with Gasteiger partial charge in [0.05, 0.1) is 22.9 Å². The van der Waals surface area contributed by atoms with Crippen LogP contribution in [0.25, 0.3) is 0 Å². The van der Waals surface area contributed by atoms with Gasteiger partial charge in [-0.15, -0.1) is 0 Å². The third kappa shape index (κ3) is 3.67. The van der Waals surface area contributed by atoms with Gasteiger partial charge in [-0.25, -0.2) is 4.39 Å². The van der Waals surface area contributed by atoms with Gasteiger partial charge in [-0.2, -0.15) is 18.4 Å². The molecule has 0 aliphatic carbocycles. The number of alkyl halides is 4. The number of halogens is 4. The zero-order valence-corrected chi connectivity index (χ0v) is 17.6. The Bertz CT molecular complexity index is 1190. The number of hydrogen-bond donors (Lipinski definition) is 1. The lowest BCUT2D eigenvalue weighted by Gasteiger charge is -2.30. The molecule has 1 saturated heterocycles. The molecule has 1 aliphatic heterocycles. The maximum Gasteiger partial charge on any atom is 0.417 e. The molecule has 1 heterocycles. The molecule has 6 nitrogen and oxygen atoms in total. The molecule has 1 fully saturated rings. The van der Waals surface area contributed by atoms with E-state index in [0.717, 1.165) is 11.0 Å². The number of nitrogens with zero attached hydrogens (tertiary/aromatic N) is 3. The minimum Gasteiger partial charge on any atom is -0.366 e. The van der Waals surface area contributed by atoms with E-state index in [1.54, 1.807) is 0 Å². The van der Waals surface area contributed by atoms with Crippen molar-refractivity contribution in [3.05, 3.63) is 58.7 Å². The summed E-state index contributed by atoms with van der Waals surface area (Å²) in [5.74, 6) is -1.46. The number of nitrogens with two attached hydrogens (primary N) is 1. The Morgan fingerprint density at radius 2 is 1.81 bits per heavy atom. The minimum absolute atomic E-state index is 0.0165. The Morgan fingerprint density at radius 3 is 2.34 bits per heavy atom. The van der Waals surface area contributed by atoms with Crippen molar-refractivity contribution < 1.29 is 27.2 Å². The first kappa shape index (κ1) is 23.1. The maximum atomic E-state index is 13.5. The first-order chi connectivity index (χ1) is 14.8. The lowest BCUT2D eigenvalue weighted by atomic mass is 10.0. The number of rotatable bonds is 4. The number of hydrogen-bond acceptors (Lipinski definition) is 4. The Morgan fingerprint density at radius 1 is 1.19 bits per heavy atom. The first-order valence-corrected chi connectivity index (χ1v) is 9.54. The Labute approximate surface area is 185 Å². The number of nitriles is 1. The number of amides is 2. The van der Waals surface area contributed by atoms with E-state index in [2.05, 4.69) is 0 Å². The lowest BCUT2D eigenvalue weighted by Crippen LogP contribution is -2.44. The van der Waals surface area contributed by atoms with E-state index in [0.29, 0.717) is 6.07 Å². The summed E-state index contributed by atoms with van der Waals surface area (Å²) in [6.45, 7) is 2.01. The van der Waals surface area contributed by atoms with Crippen molar-refractivity contribution in [2.24, 2.45) is 5.73 Å². The molecule has 2 amide bonds. The fourth-order valence-corrected chi connectivity index (χ4v) is 4.05. The van der Waals surface area contributed by atoms with Gasteiger partial charge >= 0.3 is 6.18 Å². The monoisotopic (exact) mass is 464 g/mol. The standard InChI is InChI=1S/C21H16F4N4O2S/c1-20(2)18(31)28(13-4-3-11(10-26)16(8-13)21(23,24)25)19(32)29(20)14-5-6-15(17(27)30)12(7-14)9-22/h3-8H,9H2,1-2H3,(H2,27,30). The highest BCUT2D eigenvalue weighted by atomic mass is 32.1. The van der Waals surface area contributed by atoms with Crippen molar-refractivity contribution in [1.82, 2.24) is 0 Å². The lowest BCUT2D eigenvalue weighted by molar-refractivity contribution is -0.137. The molecule has 0 atom stereocenters. The van der Waals surface area contributed by atoms with Crippen LogP contribution in [0.2, 0.25) is 0 Å². The highest BCUT2D eigenvalue weighted by Gasteiger charge is 2.50. The summed E-state index contributed by atoms with van der Waals surface area (Å²) in [5, 5.41) is 8.85. The highest BCUT2D eigenvalue weighted by Crippen LogP contribution is 2.40. The average Bonchev–Trinajstić information content (AvgIpc) is 2.90. The molecule has 3 rings (SSSR count). The Kier molecular flexibility index (Phi) is 5.69. The number of benzene rings is 2. The first-order valence-electron chi connectivity index (χ1n) is 9.13. The third-order valence-corrected chi connectivity index (χ3v) is 5.48. The van der Waals surface area contributed by atoms with Gasteiger partial charge in [0.15, 0.2) is 5.11 Å². The summed E-state index contributed by atoms with van der Waals surface area (Å²) in [6, 6.07) is 8.35. The summed E-state index contributed by atoms with van der Waals surface area (Å²) in [6.07, 6.45) is -4.82. The van der Waals surface area contributed by atoms with Crippen LogP contribution in [-0.2, 0) is 17.6 Å². The fraction of sp³-hybridized carbons (Fsp3) is 0.238. The van der Waals surface area contributed by atoms with Gasteiger partial charge in [-0.05, 0) is 68.0 Å². The summed E-state index contributed by atoms with van der Waals surface area (Å²) in [5.41, 5.74) is 2.15. The SMILES string of the molecule is CC1(C)C(=O)N(c2ccc(C#N)c(C(F)(F)F)c2)C(=S)N1c1ccc(C(N)=O)c(CF)c1. The summed E-state index contributed by atoms with van der Waals surface area (Å²) < 4.78 is 53.7. The second-order valence-electron chi connectivity index (χ2n) is 7.50. The molecule has 2 N–H and O–H groups in total. The van der Waals surface area contributed by atoms with Crippen molar-refractivity contribution in [2.75, 3.05) is 9.80 Å². The van der Waals surface area contributed by atoms with Crippen molar-refractivity contribution >= 4 is 40.5 Å². The van der Waals surface area contributed by atoms with Gasteiger partial charge in [0.25, 0.3) is 5.91 Å². The van der Waals surface area contributed by atoms with Crippen LogP contribution in [0.4, 0.5) is 28.9 Å². The normalized spacial score (nSPS) is 15.8. The largest absolute Gasteiger partial charge is 0.417 e. The number of carbonyl (C=O) groups excluding carboxylic acids is 2. The fourth-order valence-electron chi connectivity index (χ4n) is 3.53. The Hall–Kier alpha value is -3.52. The predicted molar refractivity (Wildman–Crippen MR) is 113 cm³/mol. The quantitative estimate of drug-likeness (QED) is 0.544. The van der Waals surface area contributed by atoms with Crippen LogP contribution < -0.4 is 15.5 Å². The Balaban J connectivity index is 2.13. The van der Waals surface area contributed by atoms with Gasteiger partial charge in [0.2, 0.25) is 5.91 Å². The van der Waals surface area contributed by atoms with Crippen LogP contribution >= 0.6 is 12.2 Å². The van der Waals surface area contributed by atoms with E-state index in [1.165, 1.54) is 49.1 Å². The topological polar surface area (TPSA) is 90.4 Å². The molecule has 1 aliphatic rings. The van der Waals surface area contributed by atoms with E-state index >= 15 is 0 Å².